The van der Waals surface area contributed by atoms with Gasteiger partial charge in [0.05, 0.1) is 0 Å². The van der Waals surface area contributed by atoms with Crippen LogP contribution in [0.3, 0.4) is 0 Å². The fourth-order valence-electron chi connectivity index (χ4n) is 2.56. The molecule has 1 atom stereocenters. The number of rotatable bonds is 3. The maximum Gasteiger partial charge on any atom is 0.219 e. The summed E-state index contributed by atoms with van der Waals surface area (Å²) in [6.45, 7) is 5.35. The van der Waals surface area contributed by atoms with E-state index >= 15 is 0 Å². The maximum absolute atomic E-state index is 12.9. The molecule has 1 aromatic carbocycles. The van der Waals surface area contributed by atoms with Crippen molar-refractivity contribution < 1.29 is 9.18 Å². The molecule has 1 amide bonds. The van der Waals surface area contributed by atoms with Gasteiger partial charge in [0.1, 0.15) is 5.82 Å². The lowest BCUT2D eigenvalue weighted by molar-refractivity contribution is -0.129. The monoisotopic (exact) mass is 264 g/mol. The molecule has 1 N–H and O–H groups in total. The third kappa shape index (κ3) is 3.77. The van der Waals surface area contributed by atoms with E-state index < -0.39 is 0 Å². The number of piperidine rings is 1. The Morgan fingerprint density at radius 1 is 1.32 bits per heavy atom. The Morgan fingerprint density at radius 2 is 1.89 bits per heavy atom. The largest absolute Gasteiger partial charge is 0.343 e. The van der Waals surface area contributed by atoms with Crippen LogP contribution < -0.4 is 5.32 Å². The molecular weight excluding hydrogens is 243 g/mol. The summed E-state index contributed by atoms with van der Waals surface area (Å²) in [7, 11) is 0. The summed E-state index contributed by atoms with van der Waals surface area (Å²) >= 11 is 0. The van der Waals surface area contributed by atoms with Crippen molar-refractivity contribution in [3.8, 4) is 0 Å². The van der Waals surface area contributed by atoms with Crippen LogP contribution in [0.15, 0.2) is 24.3 Å². The van der Waals surface area contributed by atoms with Gasteiger partial charge in [0.2, 0.25) is 5.91 Å². The van der Waals surface area contributed by atoms with E-state index in [9.17, 15) is 9.18 Å². The zero-order valence-corrected chi connectivity index (χ0v) is 11.5. The van der Waals surface area contributed by atoms with Crippen molar-refractivity contribution in [2.75, 3.05) is 13.1 Å². The predicted molar refractivity (Wildman–Crippen MR) is 73.2 cm³/mol. The third-order valence-electron chi connectivity index (χ3n) is 3.80. The number of likely N-dealkylation sites (tertiary alicyclic amines) is 1. The Hall–Kier alpha value is -1.42. The van der Waals surface area contributed by atoms with E-state index in [2.05, 4.69) is 12.2 Å². The Morgan fingerprint density at radius 3 is 2.42 bits per heavy atom. The molecule has 1 saturated heterocycles. The minimum absolute atomic E-state index is 0.157. The summed E-state index contributed by atoms with van der Waals surface area (Å²) in [5.74, 6) is -0.0456. The fourth-order valence-corrected chi connectivity index (χ4v) is 2.56. The van der Waals surface area contributed by atoms with Crippen LogP contribution in [0.25, 0.3) is 0 Å². The van der Waals surface area contributed by atoms with Gasteiger partial charge in [-0.2, -0.15) is 0 Å². The third-order valence-corrected chi connectivity index (χ3v) is 3.80. The first kappa shape index (κ1) is 14.0. The molecule has 0 radical (unpaired) electrons. The van der Waals surface area contributed by atoms with Crippen LogP contribution in [0.5, 0.6) is 0 Å². The first-order valence-corrected chi connectivity index (χ1v) is 6.83. The molecule has 1 fully saturated rings. The van der Waals surface area contributed by atoms with Crippen LogP contribution in [0.2, 0.25) is 0 Å². The normalized spacial score (nSPS) is 18.4. The molecule has 0 saturated carbocycles. The number of carbonyl (C=O) groups excluding carboxylic acids is 1. The van der Waals surface area contributed by atoms with E-state index in [4.69, 9.17) is 0 Å². The minimum Gasteiger partial charge on any atom is -0.343 e. The highest BCUT2D eigenvalue weighted by molar-refractivity contribution is 5.73. The summed E-state index contributed by atoms with van der Waals surface area (Å²) in [6, 6.07) is 7.25. The molecule has 1 aromatic rings. The quantitative estimate of drug-likeness (QED) is 0.909. The molecule has 1 aliphatic rings. The molecule has 1 heterocycles. The van der Waals surface area contributed by atoms with Crippen LogP contribution in [-0.2, 0) is 4.79 Å². The Kier molecular flexibility index (Phi) is 4.53. The zero-order chi connectivity index (χ0) is 13.8. The van der Waals surface area contributed by atoms with Crippen LogP contribution in [0, 0.1) is 5.82 Å². The van der Waals surface area contributed by atoms with Crippen LogP contribution >= 0.6 is 0 Å². The molecule has 0 bridgehead atoms. The van der Waals surface area contributed by atoms with Gasteiger partial charge in [-0.05, 0) is 37.5 Å². The molecule has 0 spiro atoms. The summed E-state index contributed by atoms with van der Waals surface area (Å²) in [5.41, 5.74) is 1.09. The molecule has 0 aromatic heterocycles. The van der Waals surface area contributed by atoms with Gasteiger partial charge in [-0.25, -0.2) is 4.39 Å². The average Bonchev–Trinajstić information content (AvgIpc) is 2.40. The summed E-state index contributed by atoms with van der Waals surface area (Å²) in [4.78, 5) is 13.1. The second kappa shape index (κ2) is 6.15. The molecular formula is C15H21FN2O. The van der Waals surface area contributed by atoms with Crippen molar-refractivity contribution in [3.05, 3.63) is 35.6 Å². The van der Waals surface area contributed by atoms with E-state index in [-0.39, 0.29) is 17.8 Å². The fraction of sp³-hybridized carbons (Fsp3) is 0.533. The van der Waals surface area contributed by atoms with Gasteiger partial charge >= 0.3 is 0 Å². The van der Waals surface area contributed by atoms with Crippen molar-refractivity contribution in [1.29, 1.82) is 0 Å². The van der Waals surface area contributed by atoms with Gasteiger partial charge in [0.15, 0.2) is 0 Å². The average molecular weight is 264 g/mol. The Bertz CT molecular complexity index is 424. The maximum atomic E-state index is 12.9. The molecule has 1 aliphatic heterocycles. The van der Waals surface area contributed by atoms with E-state index in [0.29, 0.717) is 6.04 Å². The van der Waals surface area contributed by atoms with Gasteiger partial charge in [0, 0.05) is 32.1 Å². The number of carbonyl (C=O) groups is 1. The first-order chi connectivity index (χ1) is 9.06. The predicted octanol–water partition coefficient (Wildman–Crippen LogP) is 2.49. The Labute approximate surface area is 113 Å². The van der Waals surface area contributed by atoms with E-state index in [1.54, 1.807) is 6.92 Å². The van der Waals surface area contributed by atoms with Gasteiger partial charge in [0.25, 0.3) is 0 Å². The number of hydrogen-bond donors (Lipinski definition) is 1. The number of benzene rings is 1. The number of amides is 1. The Balaban J connectivity index is 1.85. The van der Waals surface area contributed by atoms with Crippen molar-refractivity contribution in [1.82, 2.24) is 10.2 Å². The summed E-state index contributed by atoms with van der Waals surface area (Å²) in [6.07, 6.45) is 1.95. The lowest BCUT2D eigenvalue weighted by atomic mass is 10.0. The van der Waals surface area contributed by atoms with Crippen LogP contribution in [-0.4, -0.2) is 29.9 Å². The summed E-state index contributed by atoms with van der Waals surface area (Å²) in [5, 5.41) is 3.55. The van der Waals surface area contributed by atoms with Gasteiger partial charge in [-0.15, -0.1) is 0 Å². The highest BCUT2D eigenvalue weighted by Crippen LogP contribution is 2.17. The lowest BCUT2D eigenvalue weighted by Gasteiger charge is -2.33. The van der Waals surface area contributed by atoms with Crippen molar-refractivity contribution in [2.45, 2.75) is 38.8 Å². The molecule has 104 valence electrons. The molecule has 0 aliphatic carbocycles. The molecule has 4 heteroatoms. The van der Waals surface area contributed by atoms with E-state index in [1.807, 2.05) is 17.0 Å². The smallest absolute Gasteiger partial charge is 0.219 e. The zero-order valence-electron chi connectivity index (χ0n) is 11.5. The molecule has 19 heavy (non-hydrogen) atoms. The highest BCUT2D eigenvalue weighted by Gasteiger charge is 2.21. The van der Waals surface area contributed by atoms with Gasteiger partial charge < -0.3 is 10.2 Å². The summed E-state index contributed by atoms with van der Waals surface area (Å²) < 4.78 is 12.9. The molecule has 0 unspecified atom stereocenters. The first-order valence-electron chi connectivity index (χ1n) is 6.83. The van der Waals surface area contributed by atoms with E-state index in [0.717, 1.165) is 31.5 Å². The minimum atomic E-state index is -0.203. The van der Waals surface area contributed by atoms with Crippen molar-refractivity contribution in [3.63, 3.8) is 0 Å². The number of nitrogens with one attached hydrogen (secondary N) is 1. The number of halogens is 1. The lowest BCUT2D eigenvalue weighted by Crippen LogP contribution is -2.44. The molecule has 3 nitrogen and oxygen atoms in total. The number of nitrogens with zero attached hydrogens (tertiary/aromatic N) is 1. The van der Waals surface area contributed by atoms with Crippen molar-refractivity contribution in [2.24, 2.45) is 0 Å². The molecule has 2 rings (SSSR count). The second-order valence-electron chi connectivity index (χ2n) is 5.22. The topological polar surface area (TPSA) is 32.3 Å². The van der Waals surface area contributed by atoms with E-state index in [1.165, 1.54) is 12.1 Å². The van der Waals surface area contributed by atoms with Crippen LogP contribution in [0.4, 0.5) is 4.39 Å². The SMILES string of the molecule is CC(=O)N1CCC(N[C@H](C)c2ccc(F)cc2)CC1. The standard InChI is InChI=1S/C15H21FN2O/c1-11(13-3-5-14(16)6-4-13)17-15-7-9-18(10-8-15)12(2)19/h3-6,11,15,17H,7-10H2,1-2H3/t11-/m1/s1. The van der Waals surface area contributed by atoms with Gasteiger partial charge in [-0.3, -0.25) is 4.79 Å². The van der Waals surface area contributed by atoms with Crippen LogP contribution in [0.1, 0.15) is 38.3 Å². The number of hydrogen-bond acceptors (Lipinski definition) is 2. The van der Waals surface area contributed by atoms with Gasteiger partial charge in [-0.1, -0.05) is 12.1 Å². The second-order valence-corrected chi connectivity index (χ2v) is 5.22. The van der Waals surface area contributed by atoms with Crippen molar-refractivity contribution >= 4 is 5.91 Å². The highest BCUT2D eigenvalue weighted by atomic mass is 19.1.